The van der Waals surface area contributed by atoms with Crippen molar-refractivity contribution in [1.82, 2.24) is 4.90 Å². The zero-order valence-electron chi connectivity index (χ0n) is 40.6. The first-order chi connectivity index (χ1) is 30.7. The van der Waals surface area contributed by atoms with Crippen LogP contribution >= 0.6 is 0 Å². The first-order valence-corrected chi connectivity index (χ1v) is 23.9. The molecule has 3 aliphatic heterocycles. The van der Waals surface area contributed by atoms with Gasteiger partial charge in [0.1, 0.15) is 30.1 Å². The Labute approximate surface area is 387 Å². The van der Waals surface area contributed by atoms with Crippen molar-refractivity contribution in [2.75, 3.05) is 27.9 Å². The Kier molecular flexibility index (Phi) is 21.0. The molecular weight excluding hydrogens is 835 g/mol. The largest absolute Gasteiger partial charge is 0.460 e. The molecule has 15 atom stereocenters. The van der Waals surface area contributed by atoms with Crippen molar-refractivity contribution >= 4 is 29.2 Å². The van der Waals surface area contributed by atoms with E-state index < -0.39 is 83.9 Å². The number of rotatable bonds is 6. The van der Waals surface area contributed by atoms with Gasteiger partial charge in [0, 0.05) is 58.5 Å². The van der Waals surface area contributed by atoms with Crippen LogP contribution in [0.2, 0.25) is 0 Å². The van der Waals surface area contributed by atoms with Crippen molar-refractivity contribution in [2.45, 2.75) is 180 Å². The average Bonchev–Trinajstić information content (AvgIpc) is 3.28. The van der Waals surface area contributed by atoms with E-state index in [9.17, 15) is 39.3 Å². The van der Waals surface area contributed by atoms with Crippen molar-refractivity contribution in [3.8, 4) is 0 Å². The lowest BCUT2D eigenvalue weighted by atomic mass is 9.78. The molecule has 15 unspecified atom stereocenters. The van der Waals surface area contributed by atoms with E-state index in [0.29, 0.717) is 63.4 Å². The van der Waals surface area contributed by atoms with E-state index in [-0.39, 0.29) is 54.8 Å². The van der Waals surface area contributed by atoms with Gasteiger partial charge in [-0.3, -0.25) is 19.2 Å². The molecule has 1 aliphatic carbocycles. The van der Waals surface area contributed by atoms with E-state index in [0.717, 1.165) is 12.0 Å². The monoisotopic (exact) mass is 914 g/mol. The zero-order valence-corrected chi connectivity index (χ0v) is 40.6. The van der Waals surface area contributed by atoms with E-state index >= 15 is 0 Å². The van der Waals surface area contributed by atoms with Crippen LogP contribution in [0.1, 0.15) is 126 Å². The summed E-state index contributed by atoms with van der Waals surface area (Å²) in [5, 5.41) is 33.8. The maximum atomic E-state index is 14.4. The molecule has 65 heavy (non-hydrogen) atoms. The second-order valence-electron chi connectivity index (χ2n) is 19.6. The third kappa shape index (κ3) is 14.3. The fourth-order valence-electron chi connectivity index (χ4n) is 10.1. The van der Waals surface area contributed by atoms with Crippen LogP contribution in [-0.4, -0.2) is 132 Å². The topological polar surface area (TPSA) is 195 Å². The number of methoxy groups -OCH3 is 3. The molecule has 366 valence electrons. The van der Waals surface area contributed by atoms with E-state index in [4.69, 9.17) is 23.7 Å². The molecule has 0 spiro atoms. The average molecular weight is 914 g/mol. The number of hydrogen-bond acceptors (Lipinski definition) is 13. The van der Waals surface area contributed by atoms with Crippen LogP contribution in [0.4, 0.5) is 0 Å². The van der Waals surface area contributed by atoms with Crippen LogP contribution in [0.15, 0.2) is 47.6 Å². The van der Waals surface area contributed by atoms with E-state index in [1.165, 1.54) is 12.0 Å². The molecular formula is C51H79NO13. The molecule has 2 saturated heterocycles. The summed E-state index contributed by atoms with van der Waals surface area (Å²) in [5.74, 6) is -7.96. The molecule has 1 amide bonds. The van der Waals surface area contributed by atoms with Gasteiger partial charge in [0.05, 0.1) is 24.4 Å². The lowest BCUT2D eigenvalue weighted by Crippen LogP contribution is -2.61. The Morgan fingerprint density at radius 3 is 2.25 bits per heavy atom. The van der Waals surface area contributed by atoms with Crippen molar-refractivity contribution in [3.63, 3.8) is 0 Å². The summed E-state index contributed by atoms with van der Waals surface area (Å²) >= 11 is 0. The number of carbonyl (C=O) groups is 5. The lowest BCUT2D eigenvalue weighted by molar-refractivity contribution is -0.265. The van der Waals surface area contributed by atoms with E-state index in [1.807, 2.05) is 58.1 Å². The normalized spacial score (nSPS) is 39.1. The highest BCUT2D eigenvalue weighted by Gasteiger charge is 2.53. The van der Waals surface area contributed by atoms with Gasteiger partial charge in [-0.15, -0.1) is 0 Å². The molecule has 14 nitrogen and oxygen atoms in total. The van der Waals surface area contributed by atoms with Crippen LogP contribution in [0.25, 0.3) is 0 Å². The Hall–Kier alpha value is -3.37. The van der Waals surface area contributed by atoms with Crippen LogP contribution in [0, 0.1) is 35.5 Å². The molecule has 4 rings (SSSR count). The van der Waals surface area contributed by atoms with Gasteiger partial charge < -0.3 is 43.9 Å². The van der Waals surface area contributed by atoms with Crippen LogP contribution < -0.4 is 0 Å². The minimum Gasteiger partial charge on any atom is -0.460 e. The number of esters is 1. The SMILES string of the molecule is COC1CC2CCC(C)C(O)(O2)C(=O)C(=O)N2CCCCC2C(=O)OC(C(C)CC2CCC(O)C(OC)C2)CC(=O)C(C)/C=C(/C)C(O)C(OC)C(=O)C(C)CC(C)/C=C/C=CC=C1C. The minimum absolute atomic E-state index is 0.0193. The summed E-state index contributed by atoms with van der Waals surface area (Å²) < 4.78 is 29.4. The molecule has 3 fully saturated rings. The maximum Gasteiger partial charge on any atom is 0.329 e. The number of aliphatic hydroxyl groups excluding tert-OH is 2. The Morgan fingerprint density at radius 2 is 1.57 bits per heavy atom. The number of Topliss-reactive ketones (excluding diaryl/α,β-unsaturated/α-hetero) is 3. The van der Waals surface area contributed by atoms with Crippen LogP contribution in [-0.2, 0) is 47.7 Å². The quantitative estimate of drug-likeness (QED) is 0.156. The van der Waals surface area contributed by atoms with Gasteiger partial charge in [-0.2, -0.15) is 0 Å². The molecule has 0 aromatic rings. The predicted molar refractivity (Wildman–Crippen MR) is 245 cm³/mol. The number of nitrogens with zero attached hydrogens (tertiary/aromatic N) is 1. The number of fused-ring (bicyclic) bond motifs is 3. The molecule has 14 heteroatoms. The van der Waals surface area contributed by atoms with Crippen molar-refractivity contribution in [1.29, 1.82) is 0 Å². The number of piperidine rings is 1. The minimum atomic E-state index is -2.43. The molecule has 1 saturated carbocycles. The van der Waals surface area contributed by atoms with Crippen molar-refractivity contribution in [2.24, 2.45) is 35.5 Å². The molecule has 0 aromatic heterocycles. The van der Waals surface area contributed by atoms with Gasteiger partial charge in [-0.05, 0) is 107 Å². The Balaban J connectivity index is 1.70. The molecule has 0 aromatic carbocycles. The van der Waals surface area contributed by atoms with Crippen molar-refractivity contribution < 1.29 is 63.0 Å². The Morgan fingerprint density at radius 1 is 0.846 bits per heavy atom. The number of allylic oxidation sites excluding steroid dienone is 6. The van der Waals surface area contributed by atoms with E-state index in [1.54, 1.807) is 41.1 Å². The highest BCUT2D eigenvalue weighted by molar-refractivity contribution is 6.39. The van der Waals surface area contributed by atoms with Gasteiger partial charge >= 0.3 is 5.97 Å². The number of carbonyl (C=O) groups excluding carboxylic acids is 5. The van der Waals surface area contributed by atoms with Gasteiger partial charge in [0.15, 0.2) is 5.78 Å². The van der Waals surface area contributed by atoms with Gasteiger partial charge in [0.25, 0.3) is 11.7 Å². The number of ether oxygens (including phenoxy) is 5. The second-order valence-corrected chi connectivity index (χ2v) is 19.6. The summed E-state index contributed by atoms with van der Waals surface area (Å²) in [5.41, 5.74) is 1.27. The molecule has 2 bridgehead atoms. The summed E-state index contributed by atoms with van der Waals surface area (Å²) in [6, 6.07) is -1.14. The highest BCUT2D eigenvalue weighted by atomic mass is 16.6. The lowest BCUT2D eigenvalue weighted by Gasteiger charge is -2.42. The van der Waals surface area contributed by atoms with Gasteiger partial charge in [0.2, 0.25) is 5.79 Å². The number of hydrogen-bond donors (Lipinski definition) is 3. The second kappa shape index (κ2) is 25.1. The fourth-order valence-corrected chi connectivity index (χ4v) is 10.1. The number of aliphatic hydroxyl groups is 3. The predicted octanol–water partition coefficient (Wildman–Crippen LogP) is 6.18. The Bertz CT molecular complexity index is 1760. The highest BCUT2D eigenvalue weighted by Crippen LogP contribution is 2.38. The van der Waals surface area contributed by atoms with Gasteiger partial charge in [-0.1, -0.05) is 71.1 Å². The summed E-state index contributed by atoms with van der Waals surface area (Å²) in [6.07, 6.45) is 11.2. The smallest absolute Gasteiger partial charge is 0.329 e. The first kappa shape index (κ1) is 54.2. The molecule has 0 radical (unpaired) electrons. The van der Waals surface area contributed by atoms with Gasteiger partial charge in [-0.25, -0.2) is 4.79 Å². The standard InChI is InChI=1S/C51H79NO13/c1-30-16-12-11-13-17-31(2)42(61-8)28-38-21-19-36(7)51(60,65-38)48(57)49(58)52-23-15-14-18-39(52)50(59)64-43(33(4)26-37-20-22-40(53)44(27-37)62-9)29-41(54)32(3)25-35(6)46(56)47(63-10)45(55)34(5)24-30/h11-13,16-17,25,30,32-34,36-40,42-44,46-47,53,56,60H,14-15,18-24,26-29H2,1-10H3/b13-11?,16-12+,31-17?,35-25-. The van der Waals surface area contributed by atoms with Crippen molar-refractivity contribution in [3.05, 3.63) is 47.6 Å². The maximum absolute atomic E-state index is 14.4. The van der Waals surface area contributed by atoms with Crippen LogP contribution in [0.3, 0.4) is 0 Å². The third-order valence-corrected chi connectivity index (χ3v) is 14.5. The molecule has 4 aliphatic rings. The van der Waals surface area contributed by atoms with Crippen LogP contribution in [0.5, 0.6) is 0 Å². The first-order valence-electron chi connectivity index (χ1n) is 23.9. The number of ketones is 3. The number of amides is 1. The molecule has 3 heterocycles. The van der Waals surface area contributed by atoms with E-state index in [2.05, 4.69) is 0 Å². The summed E-state index contributed by atoms with van der Waals surface area (Å²) in [4.78, 5) is 71.8. The third-order valence-electron chi connectivity index (χ3n) is 14.5. The number of cyclic esters (lactones) is 1. The summed E-state index contributed by atoms with van der Waals surface area (Å²) in [6.45, 7) is 12.7. The zero-order chi connectivity index (χ0) is 48.2. The summed E-state index contributed by atoms with van der Waals surface area (Å²) in [7, 11) is 4.52. The fraction of sp³-hybridized carbons (Fsp3) is 0.745. The molecule has 3 N–H and O–H groups in total.